The van der Waals surface area contributed by atoms with Crippen LogP contribution in [0.5, 0.6) is 0 Å². The van der Waals surface area contributed by atoms with Crippen LogP contribution in [0.3, 0.4) is 0 Å². The van der Waals surface area contributed by atoms with Crippen molar-refractivity contribution < 1.29 is 8.42 Å². The van der Waals surface area contributed by atoms with Crippen LogP contribution < -0.4 is 5.56 Å². The number of hydrogen-bond donors (Lipinski definition) is 0. The Morgan fingerprint density at radius 3 is 2.45 bits per heavy atom. The van der Waals surface area contributed by atoms with E-state index in [-0.39, 0.29) is 16.5 Å². The van der Waals surface area contributed by atoms with Gasteiger partial charge in [0, 0.05) is 50.1 Å². The highest BCUT2D eigenvalue weighted by Crippen LogP contribution is 2.34. The average molecular weight is 417 g/mol. The van der Waals surface area contributed by atoms with Gasteiger partial charge in [-0.1, -0.05) is 12.1 Å². The molecule has 156 valence electrons. The number of aromatic nitrogens is 2. The number of benzene rings is 1. The molecule has 0 spiro atoms. The molecule has 2 fully saturated rings. The summed E-state index contributed by atoms with van der Waals surface area (Å²) in [6.45, 7) is 6.38. The van der Waals surface area contributed by atoms with E-state index in [2.05, 4.69) is 21.9 Å². The molecule has 2 heterocycles. The van der Waals surface area contributed by atoms with E-state index < -0.39 is 9.84 Å². The van der Waals surface area contributed by atoms with Crippen LogP contribution in [0.15, 0.2) is 34.0 Å². The maximum atomic E-state index is 13.2. The van der Waals surface area contributed by atoms with Crippen LogP contribution in [-0.2, 0) is 16.4 Å². The highest BCUT2D eigenvalue weighted by molar-refractivity contribution is 7.90. The SMILES string of the molecule is Cc1c(-c2cccc(S(C)(=O)=O)c2)nn(C2CC2)c(=O)c1CN1CCN(C)CC1. The van der Waals surface area contributed by atoms with Crippen LogP contribution in [0, 0.1) is 6.92 Å². The minimum atomic E-state index is -3.32. The van der Waals surface area contributed by atoms with Crippen LogP contribution in [0.2, 0.25) is 0 Å². The summed E-state index contributed by atoms with van der Waals surface area (Å²) >= 11 is 0. The lowest BCUT2D eigenvalue weighted by Crippen LogP contribution is -2.45. The molecular weight excluding hydrogens is 388 g/mol. The maximum Gasteiger partial charge on any atom is 0.271 e. The van der Waals surface area contributed by atoms with Gasteiger partial charge in [0.1, 0.15) is 0 Å². The molecule has 1 aromatic carbocycles. The van der Waals surface area contributed by atoms with E-state index in [9.17, 15) is 13.2 Å². The van der Waals surface area contributed by atoms with Gasteiger partial charge in [-0.3, -0.25) is 9.69 Å². The molecule has 0 unspecified atom stereocenters. The standard InChI is InChI=1S/C21H28N4O3S/c1-15-19(14-24-11-9-23(2)10-12-24)21(26)25(17-7-8-17)22-20(15)16-5-4-6-18(13-16)29(3,27)28/h4-6,13,17H,7-12,14H2,1-3H3. The fraction of sp³-hybridized carbons (Fsp3) is 0.524. The molecule has 0 radical (unpaired) electrons. The lowest BCUT2D eigenvalue weighted by molar-refractivity contribution is 0.147. The van der Waals surface area contributed by atoms with Gasteiger partial charge in [-0.15, -0.1) is 0 Å². The molecule has 1 saturated heterocycles. The third-order valence-corrected chi connectivity index (χ3v) is 7.00. The highest BCUT2D eigenvalue weighted by Gasteiger charge is 2.29. The molecule has 8 heteroatoms. The number of hydrogen-bond acceptors (Lipinski definition) is 6. The minimum absolute atomic E-state index is 0.00746. The van der Waals surface area contributed by atoms with Crippen LogP contribution >= 0.6 is 0 Å². The van der Waals surface area contributed by atoms with Crippen LogP contribution in [0.4, 0.5) is 0 Å². The molecule has 7 nitrogen and oxygen atoms in total. The lowest BCUT2D eigenvalue weighted by Gasteiger charge is -2.32. The quantitative estimate of drug-likeness (QED) is 0.739. The summed E-state index contributed by atoms with van der Waals surface area (Å²) in [6, 6.07) is 7.01. The van der Waals surface area contributed by atoms with E-state index in [1.807, 2.05) is 13.0 Å². The zero-order valence-corrected chi connectivity index (χ0v) is 18.1. The number of nitrogens with zero attached hydrogens (tertiary/aromatic N) is 4. The molecule has 1 saturated carbocycles. The second-order valence-corrected chi connectivity index (χ2v) is 10.3. The van der Waals surface area contributed by atoms with Gasteiger partial charge in [-0.05, 0) is 44.5 Å². The van der Waals surface area contributed by atoms with Crippen molar-refractivity contribution in [1.82, 2.24) is 19.6 Å². The summed E-state index contributed by atoms with van der Waals surface area (Å²) in [4.78, 5) is 18.1. The van der Waals surface area contributed by atoms with Gasteiger partial charge in [0.2, 0.25) is 0 Å². The third-order valence-electron chi connectivity index (χ3n) is 5.89. The van der Waals surface area contributed by atoms with Crippen molar-refractivity contribution in [3.63, 3.8) is 0 Å². The highest BCUT2D eigenvalue weighted by atomic mass is 32.2. The van der Waals surface area contributed by atoms with E-state index in [1.54, 1.807) is 22.9 Å². The van der Waals surface area contributed by atoms with Crippen molar-refractivity contribution in [2.45, 2.75) is 37.2 Å². The summed E-state index contributed by atoms with van der Waals surface area (Å²) in [7, 11) is -1.20. The monoisotopic (exact) mass is 416 g/mol. The molecule has 29 heavy (non-hydrogen) atoms. The van der Waals surface area contributed by atoms with Crippen LogP contribution in [0.1, 0.15) is 30.0 Å². The molecule has 4 rings (SSSR count). The van der Waals surface area contributed by atoms with Crippen molar-refractivity contribution >= 4 is 9.84 Å². The Hall–Kier alpha value is -2.03. The Balaban J connectivity index is 1.79. The van der Waals surface area contributed by atoms with Crippen LogP contribution in [-0.4, -0.2) is 67.5 Å². The van der Waals surface area contributed by atoms with Crippen molar-refractivity contribution in [2.75, 3.05) is 39.5 Å². The first-order valence-electron chi connectivity index (χ1n) is 10.1. The summed E-state index contributed by atoms with van der Waals surface area (Å²) in [5, 5.41) is 4.68. The molecule has 0 atom stereocenters. The fourth-order valence-electron chi connectivity index (χ4n) is 3.80. The van der Waals surface area contributed by atoms with Gasteiger partial charge in [0.25, 0.3) is 5.56 Å². The number of likely N-dealkylation sites (N-methyl/N-ethyl adjacent to an activating group) is 1. The van der Waals surface area contributed by atoms with Gasteiger partial charge in [-0.2, -0.15) is 5.10 Å². The first-order chi connectivity index (χ1) is 13.7. The second kappa shape index (κ2) is 7.66. The Morgan fingerprint density at radius 1 is 1.14 bits per heavy atom. The van der Waals surface area contributed by atoms with Crippen LogP contribution in [0.25, 0.3) is 11.3 Å². The van der Waals surface area contributed by atoms with Gasteiger partial charge >= 0.3 is 0 Å². The number of piperazine rings is 1. The first-order valence-corrected chi connectivity index (χ1v) is 12.0. The van der Waals surface area contributed by atoms with Gasteiger partial charge in [0.05, 0.1) is 16.6 Å². The minimum Gasteiger partial charge on any atom is -0.304 e. The average Bonchev–Trinajstić information content (AvgIpc) is 3.51. The van der Waals surface area contributed by atoms with Crippen molar-refractivity contribution in [3.05, 3.63) is 45.7 Å². The molecule has 1 aromatic heterocycles. The summed E-state index contributed by atoms with van der Waals surface area (Å²) in [6.07, 6.45) is 3.13. The van der Waals surface area contributed by atoms with E-state index in [0.717, 1.165) is 55.7 Å². The maximum absolute atomic E-state index is 13.2. The molecule has 0 bridgehead atoms. The number of sulfone groups is 1. The third kappa shape index (κ3) is 4.29. The predicted octanol–water partition coefficient (Wildman–Crippen LogP) is 1.70. The van der Waals surface area contributed by atoms with E-state index in [0.29, 0.717) is 12.2 Å². The second-order valence-electron chi connectivity index (χ2n) is 8.31. The molecule has 1 aliphatic heterocycles. The zero-order valence-electron chi connectivity index (χ0n) is 17.3. The van der Waals surface area contributed by atoms with E-state index in [4.69, 9.17) is 0 Å². The smallest absolute Gasteiger partial charge is 0.271 e. The Labute approximate surface area is 171 Å². The molecule has 2 aliphatic rings. The molecule has 0 N–H and O–H groups in total. The molecule has 2 aromatic rings. The molecular formula is C21H28N4O3S. The lowest BCUT2D eigenvalue weighted by atomic mass is 10.0. The summed E-state index contributed by atoms with van der Waals surface area (Å²) < 4.78 is 25.6. The van der Waals surface area contributed by atoms with Gasteiger partial charge in [0.15, 0.2) is 9.84 Å². The molecule has 0 amide bonds. The van der Waals surface area contributed by atoms with E-state index in [1.165, 1.54) is 6.26 Å². The first kappa shape index (κ1) is 20.3. The zero-order chi connectivity index (χ0) is 20.8. The molecule has 1 aliphatic carbocycles. The normalized spacial score (nSPS) is 18.9. The van der Waals surface area contributed by atoms with Crippen molar-refractivity contribution in [2.24, 2.45) is 0 Å². The van der Waals surface area contributed by atoms with Crippen molar-refractivity contribution in [3.8, 4) is 11.3 Å². The largest absolute Gasteiger partial charge is 0.304 e. The number of rotatable bonds is 5. The summed E-state index contributed by atoms with van der Waals surface area (Å²) in [5.41, 5.74) is 3.05. The fourth-order valence-corrected chi connectivity index (χ4v) is 4.47. The van der Waals surface area contributed by atoms with Gasteiger partial charge in [-0.25, -0.2) is 13.1 Å². The van der Waals surface area contributed by atoms with E-state index >= 15 is 0 Å². The Bertz CT molecular complexity index is 1080. The Kier molecular flexibility index (Phi) is 5.35. The predicted molar refractivity (Wildman–Crippen MR) is 113 cm³/mol. The topological polar surface area (TPSA) is 75.5 Å². The van der Waals surface area contributed by atoms with Gasteiger partial charge < -0.3 is 4.90 Å². The summed E-state index contributed by atoms with van der Waals surface area (Å²) in [5.74, 6) is 0. The Morgan fingerprint density at radius 2 is 1.83 bits per heavy atom. The van der Waals surface area contributed by atoms with Crippen molar-refractivity contribution in [1.29, 1.82) is 0 Å².